The normalized spacial score (nSPS) is 35.5. The molecular formula is C9H14N2. The molecule has 1 fully saturated rings. The SMILES string of the molecule is C=CCNC1(C#N)CCC1C. The zero-order valence-electron chi connectivity index (χ0n) is 6.93. The lowest BCUT2D eigenvalue weighted by Gasteiger charge is -2.42. The van der Waals surface area contributed by atoms with Crippen LogP contribution in [-0.2, 0) is 0 Å². The topological polar surface area (TPSA) is 35.8 Å². The summed E-state index contributed by atoms with van der Waals surface area (Å²) in [5.74, 6) is 0.493. The molecule has 60 valence electrons. The van der Waals surface area contributed by atoms with Gasteiger partial charge in [-0.2, -0.15) is 5.26 Å². The molecule has 0 radical (unpaired) electrons. The fraction of sp³-hybridized carbons (Fsp3) is 0.667. The fourth-order valence-electron chi connectivity index (χ4n) is 1.44. The number of nitrogens with zero attached hydrogens (tertiary/aromatic N) is 1. The highest BCUT2D eigenvalue weighted by atomic mass is 15.0. The molecule has 2 atom stereocenters. The number of rotatable bonds is 3. The lowest BCUT2D eigenvalue weighted by Crippen LogP contribution is -2.56. The fourth-order valence-corrected chi connectivity index (χ4v) is 1.44. The van der Waals surface area contributed by atoms with Gasteiger partial charge in [0.2, 0.25) is 0 Å². The molecule has 2 unspecified atom stereocenters. The molecule has 1 aliphatic carbocycles. The zero-order chi connectivity index (χ0) is 8.32. The summed E-state index contributed by atoms with van der Waals surface area (Å²) < 4.78 is 0. The van der Waals surface area contributed by atoms with Crippen LogP contribution in [0.15, 0.2) is 12.7 Å². The largest absolute Gasteiger partial charge is 0.296 e. The van der Waals surface area contributed by atoms with Crippen LogP contribution in [0, 0.1) is 17.2 Å². The van der Waals surface area contributed by atoms with Crippen LogP contribution in [-0.4, -0.2) is 12.1 Å². The van der Waals surface area contributed by atoms with Gasteiger partial charge in [0.05, 0.1) is 6.07 Å². The van der Waals surface area contributed by atoms with Crippen molar-refractivity contribution < 1.29 is 0 Å². The van der Waals surface area contributed by atoms with E-state index in [1.54, 1.807) is 6.08 Å². The molecule has 1 N–H and O–H groups in total. The summed E-state index contributed by atoms with van der Waals surface area (Å²) in [6.07, 6.45) is 3.94. The molecule has 11 heavy (non-hydrogen) atoms. The average molecular weight is 150 g/mol. The monoisotopic (exact) mass is 150 g/mol. The lowest BCUT2D eigenvalue weighted by molar-refractivity contribution is 0.162. The van der Waals surface area contributed by atoms with Crippen LogP contribution >= 0.6 is 0 Å². The third kappa shape index (κ3) is 1.29. The number of hydrogen-bond donors (Lipinski definition) is 1. The van der Waals surface area contributed by atoms with E-state index in [0.29, 0.717) is 5.92 Å². The summed E-state index contributed by atoms with van der Waals surface area (Å²) in [7, 11) is 0. The Hall–Kier alpha value is -0.810. The quantitative estimate of drug-likeness (QED) is 0.618. The Kier molecular flexibility index (Phi) is 2.31. The standard InChI is InChI=1S/C9H14N2/c1-3-6-11-9(7-10)5-4-8(9)2/h3,8,11H,1,4-6H2,2H3. The van der Waals surface area contributed by atoms with Gasteiger partial charge in [-0.15, -0.1) is 6.58 Å². The minimum atomic E-state index is -0.242. The van der Waals surface area contributed by atoms with Crippen molar-refractivity contribution >= 4 is 0 Å². The molecule has 0 amide bonds. The van der Waals surface area contributed by atoms with Gasteiger partial charge in [-0.3, -0.25) is 5.32 Å². The van der Waals surface area contributed by atoms with Crippen LogP contribution in [0.25, 0.3) is 0 Å². The minimum absolute atomic E-state index is 0.242. The third-order valence-electron chi connectivity index (χ3n) is 2.57. The first-order valence-corrected chi connectivity index (χ1v) is 4.02. The van der Waals surface area contributed by atoms with Crippen molar-refractivity contribution in [3.05, 3.63) is 12.7 Å². The maximum atomic E-state index is 8.89. The van der Waals surface area contributed by atoms with E-state index in [4.69, 9.17) is 5.26 Å². The average Bonchev–Trinajstić information content (AvgIpc) is 2.04. The lowest BCUT2D eigenvalue weighted by atomic mass is 9.68. The molecule has 0 saturated heterocycles. The Morgan fingerprint density at radius 3 is 2.91 bits per heavy atom. The van der Waals surface area contributed by atoms with E-state index in [1.165, 1.54) is 0 Å². The summed E-state index contributed by atoms with van der Waals surface area (Å²) in [4.78, 5) is 0. The Morgan fingerprint density at radius 1 is 1.91 bits per heavy atom. The summed E-state index contributed by atoms with van der Waals surface area (Å²) in [5.41, 5.74) is -0.242. The van der Waals surface area contributed by atoms with Crippen molar-refractivity contribution in [2.24, 2.45) is 5.92 Å². The van der Waals surface area contributed by atoms with Crippen LogP contribution in [0.2, 0.25) is 0 Å². The van der Waals surface area contributed by atoms with Crippen LogP contribution in [0.5, 0.6) is 0 Å². The molecule has 0 aliphatic heterocycles. The highest BCUT2D eigenvalue weighted by Crippen LogP contribution is 2.37. The molecule has 2 heteroatoms. The van der Waals surface area contributed by atoms with E-state index in [1.807, 2.05) is 0 Å². The molecule has 2 nitrogen and oxygen atoms in total. The number of nitrogens with one attached hydrogen (secondary N) is 1. The van der Waals surface area contributed by atoms with E-state index < -0.39 is 0 Å². The van der Waals surface area contributed by atoms with Crippen molar-refractivity contribution in [3.8, 4) is 6.07 Å². The predicted octanol–water partition coefficient (Wildman–Crippen LogP) is 1.45. The smallest absolute Gasteiger partial charge is 0.109 e. The van der Waals surface area contributed by atoms with Gasteiger partial charge in [-0.1, -0.05) is 13.0 Å². The van der Waals surface area contributed by atoms with Gasteiger partial charge in [0.15, 0.2) is 0 Å². The van der Waals surface area contributed by atoms with Gasteiger partial charge in [0.25, 0.3) is 0 Å². The minimum Gasteiger partial charge on any atom is -0.296 e. The molecular weight excluding hydrogens is 136 g/mol. The van der Waals surface area contributed by atoms with Crippen molar-refractivity contribution in [3.63, 3.8) is 0 Å². The molecule has 1 saturated carbocycles. The van der Waals surface area contributed by atoms with Crippen molar-refractivity contribution in [1.29, 1.82) is 5.26 Å². The van der Waals surface area contributed by atoms with Crippen LogP contribution < -0.4 is 5.32 Å². The molecule has 0 spiro atoms. The highest BCUT2D eigenvalue weighted by Gasteiger charge is 2.43. The summed E-state index contributed by atoms with van der Waals surface area (Å²) >= 11 is 0. The highest BCUT2D eigenvalue weighted by molar-refractivity contribution is 5.16. The third-order valence-corrected chi connectivity index (χ3v) is 2.57. The Morgan fingerprint density at radius 2 is 2.64 bits per heavy atom. The molecule has 0 aromatic heterocycles. The first-order chi connectivity index (χ1) is 5.25. The van der Waals surface area contributed by atoms with E-state index in [9.17, 15) is 0 Å². The second-order valence-corrected chi connectivity index (χ2v) is 3.19. The van der Waals surface area contributed by atoms with Crippen LogP contribution in [0.3, 0.4) is 0 Å². The first kappa shape index (κ1) is 8.29. The first-order valence-electron chi connectivity index (χ1n) is 4.02. The van der Waals surface area contributed by atoms with E-state index in [2.05, 4.69) is 24.9 Å². The second-order valence-electron chi connectivity index (χ2n) is 3.19. The van der Waals surface area contributed by atoms with Crippen LogP contribution in [0.4, 0.5) is 0 Å². The van der Waals surface area contributed by atoms with Gasteiger partial charge in [0, 0.05) is 6.54 Å². The summed E-state index contributed by atoms with van der Waals surface area (Å²) in [5, 5.41) is 12.1. The Labute approximate surface area is 67.9 Å². The van der Waals surface area contributed by atoms with E-state index in [-0.39, 0.29) is 5.54 Å². The summed E-state index contributed by atoms with van der Waals surface area (Å²) in [6.45, 7) is 6.46. The van der Waals surface area contributed by atoms with Gasteiger partial charge in [0.1, 0.15) is 5.54 Å². The van der Waals surface area contributed by atoms with Gasteiger partial charge < -0.3 is 0 Å². The van der Waals surface area contributed by atoms with Crippen molar-refractivity contribution in [2.45, 2.75) is 25.3 Å². The Balaban J connectivity index is 2.49. The van der Waals surface area contributed by atoms with E-state index in [0.717, 1.165) is 19.4 Å². The zero-order valence-corrected chi connectivity index (χ0v) is 6.93. The maximum absolute atomic E-state index is 8.89. The molecule has 1 aliphatic rings. The molecule has 1 rings (SSSR count). The molecule has 0 heterocycles. The number of hydrogen-bond acceptors (Lipinski definition) is 2. The van der Waals surface area contributed by atoms with Crippen molar-refractivity contribution in [1.82, 2.24) is 5.32 Å². The second kappa shape index (κ2) is 3.06. The van der Waals surface area contributed by atoms with Crippen molar-refractivity contribution in [2.75, 3.05) is 6.54 Å². The molecule has 0 bridgehead atoms. The molecule has 0 aromatic rings. The summed E-state index contributed by atoms with van der Waals surface area (Å²) in [6, 6.07) is 2.34. The van der Waals surface area contributed by atoms with Gasteiger partial charge in [-0.05, 0) is 18.8 Å². The van der Waals surface area contributed by atoms with Gasteiger partial charge in [-0.25, -0.2) is 0 Å². The molecule has 0 aromatic carbocycles. The Bertz CT molecular complexity index is 192. The van der Waals surface area contributed by atoms with E-state index >= 15 is 0 Å². The van der Waals surface area contributed by atoms with Gasteiger partial charge >= 0.3 is 0 Å². The maximum Gasteiger partial charge on any atom is 0.109 e. The predicted molar refractivity (Wildman–Crippen MR) is 44.9 cm³/mol. The van der Waals surface area contributed by atoms with Crippen LogP contribution in [0.1, 0.15) is 19.8 Å². The number of nitriles is 1.